The number of ether oxygens (including phenoxy) is 1. The van der Waals surface area contributed by atoms with Gasteiger partial charge in [-0.3, -0.25) is 0 Å². The van der Waals surface area contributed by atoms with Gasteiger partial charge in [0.1, 0.15) is 0 Å². The van der Waals surface area contributed by atoms with E-state index in [2.05, 4.69) is 44.5 Å². The summed E-state index contributed by atoms with van der Waals surface area (Å²) >= 11 is 1.81. The molecule has 1 rings (SSSR count). The van der Waals surface area contributed by atoms with E-state index in [1.54, 1.807) is 0 Å². The zero-order chi connectivity index (χ0) is 12.9. The van der Waals surface area contributed by atoms with Crippen molar-refractivity contribution in [3.8, 4) is 0 Å². The van der Waals surface area contributed by atoms with Crippen LogP contribution in [-0.2, 0) is 4.74 Å². The molecule has 3 heteroatoms. The second-order valence-corrected chi connectivity index (χ2v) is 5.81. The standard InChI is InChI=1S/C14H25NOS/c1-6-9-15-13(14(4,7-2)16-5)12-8-10-17-11(12)3/h8,10,13,15H,6-7,9H2,1-5H3. The lowest BCUT2D eigenvalue weighted by molar-refractivity contribution is -0.0299. The fraction of sp³-hybridized carbons (Fsp3) is 0.714. The van der Waals surface area contributed by atoms with E-state index < -0.39 is 0 Å². The smallest absolute Gasteiger partial charge is 0.0842 e. The SMILES string of the molecule is CCCNC(c1ccsc1C)C(C)(CC)OC. The maximum Gasteiger partial charge on any atom is 0.0842 e. The molecule has 0 saturated carbocycles. The van der Waals surface area contributed by atoms with Crippen LogP contribution in [0.3, 0.4) is 0 Å². The Morgan fingerprint density at radius 1 is 1.47 bits per heavy atom. The zero-order valence-electron chi connectivity index (χ0n) is 11.7. The van der Waals surface area contributed by atoms with E-state index in [4.69, 9.17) is 4.74 Å². The third-order valence-electron chi connectivity index (χ3n) is 3.59. The second kappa shape index (κ2) is 6.53. The molecule has 0 aliphatic carbocycles. The molecule has 1 N–H and O–H groups in total. The highest BCUT2D eigenvalue weighted by Crippen LogP contribution is 2.35. The minimum Gasteiger partial charge on any atom is -0.377 e. The van der Waals surface area contributed by atoms with Crippen LogP contribution in [0.1, 0.15) is 50.1 Å². The summed E-state index contributed by atoms with van der Waals surface area (Å²) in [5, 5.41) is 5.80. The second-order valence-electron chi connectivity index (χ2n) is 4.69. The molecule has 0 aliphatic heterocycles. The summed E-state index contributed by atoms with van der Waals surface area (Å²) in [6.45, 7) is 9.79. The number of methoxy groups -OCH3 is 1. The van der Waals surface area contributed by atoms with Crippen LogP contribution in [0.15, 0.2) is 11.4 Å². The molecule has 1 heterocycles. The van der Waals surface area contributed by atoms with Crippen molar-refractivity contribution in [3.63, 3.8) is 0 Å². The first-order chi connectivity index (χ1) is 8.09. The highest BCUT2D eigenvalue weighted by Gasteiger charge is 2.34. The van der Waals surface area contributed by atoms with Crippen molar-refractivity contribution in [1.29, 1.82) is 0 Å². The molecule has 0 aliphatic rings. The maximum atomic E-state index is 5.77. The van der Waals surface area contributed by atoms with Crippen LogP contribution in [-0.4, -0.2) is 19.3 Å². The van der Waals surface area contributed by atoms with Crippen molar-refractivity contribution in [2.75, 3.05) is 13.7 Å². The molecular weight excluding hydrogens is 230 g/mol. The summed E-state index contributed by atoms with van der Waals surface area (Å²) in [6, 6.07) is 2.50. The predicted molar refractivity (Wildman–Crippen MR) is 75.8 cm³/mol. The summed E-state index contributed by atoms with van der Waals surface area (Å²) < 4.78 is 5.77. The molecule has 2 unspecified atom stereocenters. The van der Waals surface area contributed by atoms with Gasteiger partial charge in [-0.05, 0) is 50.2 Å². The van der Waals surface area contributed by atoms with E-state index >= 15 is 0 Å². The Labute approximate surface area is 109 Å². The lowest BCUT2D eigenvalue weighted by Gasteiger charge is -2.36. The van der Waals surface area contributed by atoms with E-state index in [0.29, 0.717) is 0 Å². The molecule has 0 saturated heterocycles. The number of nitrogens with one attached hydrogen (secondary N) is 1. The van der Waals surface area contributed by atoms with Gasteiger partial charge in [0.05, 0.1) is 11.6 Å². The van der Waals surface area contributed by atoms with E-state index in [9.17, 15) is 0 Å². The fourth-order valence-electron chi connectivity index (χ4n) is 2.10. The van der Waals surface area contributed by atoms with Crippen LogP contribution < -0.4 is 5.32 Å². The lowest BCUT2D eigenvalue weighted by atomic mass is 9.88. The first-order valence-electron chi connectivity index (χ1n) is 6.41. The number of hydrogen-bond acceptors (Lipinski definition) is 3. The largest absolute Gasteiger partial charge is 0.377 e. The molecule has 0 bridgehead atoms. The average Bonchev–Trinajstić information content (AvgIpc) is 2.75. The topological polar surface area (TPSA) is 21.3 Å². The van der Waals surface area contributed by atoms with Crippen molar-refractivity contribution >= 4 is 11.3 Å². The molecule has 98 valence electrons. The van der Waals surface area contributed by atoms with Crippen molar-refractivity contribution in [1.82, 2.24) is 5.32 Å². The Morgan fingerprint density at radius 2 is 2.18 bits per heavy atom. The monoisotopic (exact) mass is 255 g/mol. The summed E-state index contributed by atoms with van der Waals surface area (Å²) in [6.07, 6.45) is 2.14. The van der Waals surface area contributed by atoms with E-state index in [1.807, 2.05) is 18.4 Å². The van der Waals surface area contributed by atoms with Crippen LogP contribution in [0.25, 0.3) is 0 Å². The molecule has 2 atom stereocenters. The predicted octanol–water partition coefficient (Wildman–Crippen LogP) is 3.91. The minimum absolute atomic E-state index is 0.138. The summed E-state index contributed by atoms with van der Waals surface area (Å²) in [7, 11) is 1.81. The van der Waals surface area contributed by atoms with Crippen molar-refractivity contribution in [3.05, 3.63) is 21.9 Å². The van der Waals surface area contributed by atoms with Crippen LogP contribution >= 0.6 is 11.3 Å². The van der Waals surface area contributed by atoms with Crippen molar-refractivity contribution in [2.45, 2.75) is 52.2 Å². The number of hydrogen-bond donors (Lipinski definition) is 1. The molecule has 0 spiro atoms. The quantitative estimate of drug-likeness (QED) is 0.797. The van der Waals surface area contributed by atoms with Gasteiger partial charge in [-0.1, -0.05) is 13.8 Å². The zero-order valence-corrected chi connectivity index (χ0v) is 12.5. The highest BCUT2D eigenvalue weighted by molar-refractivity contribution is 7.10. The Kier molecular flexibility index (Phi) is 5.63. The summed E-state index contributed by atoms with van der Waals surface area (Å²) in [4.78, 5) is 1.38. The molecule has 1 aromatic heterocycles. The summed E-state index contributed by atoms with van der Waals surface area (Å²) in [5.41, 5.74) is 1.25. The van der Waals surface area contributed by atoms with Gasteiger partial charge in [0, 0.05) is 12.0 Å². The van der Waals surface area contributed by atoms with Gasteiger partial charge in [0.2, 0.25) is 0 Å². The van der Waals surface area contributed by atoms with Gasteiger partial charge >= 0.3 is 0 Å². The Balaban J connectivity index is 2.99. The molecule has 0 amide bonds. The number of aryl methyl sites for hydroxylation is 1. The summed E-state index contributed by atoms with van der Waals surface area (Å²) in [5.74, 6) is 0. The lowest BCUT2D eigenvalue weighted by Crippen LogP contribution is -2.43. The molecular formula is C14H25NOS. The normalized spacial score (nSPS) is 16.8. The molecule has 2 nitrogen and oxygen atoms in total. The molecule has 17 heavy (non-hydrogen) atoms. The number of thiophene rings is 1. The molecule has 0 aromatic carbocycles. The fourth-order valence-corrected chi connectivity index (χ4v) is 2.84. The van der Waals surface area contributed by atoms with Gasteiger partial charge in [-0.15, -0.1) is 11.3 Å². The first kappa shape index (κ1) is 14.7. The van der Waals surface area contributed by atoms with Gasteiger partial charge < -0.3 is 10.1 Å². The number of rotatable bonds is 7. The maximum absolute atomic E-state index is 5.77. The van der Waals surface area contributed by atoms with Crippen LogP contribution in [0, 0.1) is 6.92 Å². The Hall–Kier alpha value is -0.380. The third-order valence-corrected chi connectivity index (χ3v) is 4.45. The van der Waals surface area contributed by atoms with Crippen molar-refractivity contribution in [2.24, 2.45) is 0 Å². The van der Waals surface area contributed by atoms with Crippen LogP contribution in [0.4, 0.5) is 0 Å². The highest BCUT2D eigenvalue weighted by atomic mass is 32.1. The van der Waals surface area contributed by atoms with Gasteiger partial charge in [0.25, 0.3) is 0 Å². The van der Waals surface area contributed by atoms with E-state index in [0.717, 1.165) is 19.4 Å². The Morgan fingerprint density at radius 3 is 2.59 bits per heavy atom. The van der Waals surface area contributed by atoms with Crippen molar-refractivity contribution < 1.29 is 4.74 Å². The Bertz CT molecular complexity index is 331. The first-order valence-corrected chi connectivity index (χ1v) is 7.29. The van der Waals surface area contributed by atoms with E-state index in [1.165, 1.54) is 10.4 Å². The van der Waals surface area contributed by atoms with E-state index in [-0.39, 0.29) is 11.6 Å². The molecule has 0 radical (unpaired) electrons. The molecule has 0 fully saturated rings. The van der Waals surface area contributed by atoms with Gasteiger partial charge in [0.15, 0.2) is 0 Å². The van der Waals surface area contributed by atoms with Crippen LogP contribution in [0.5, 0.6) is 0 Å². The van der Waals surface area contributed by atoms with Gasteiger partial charge in [-0.25, -0.2) is 0 Å². The van der Waals surface area contributed by atoms with Crippen LogP contribution in [0.2, 0.25) is 0 Å². The minimum atomic E-state index is -0.138. The third kappa shape index (κ3) is 3.30. The molecule has 1 aromatic rings. The average molecular weight is 255 g/mol. The van der Waals surface area contributed by atoms with Gasteiger partial charge in [-0.2, -0.15) is 0 Å².